The van der Waals surface area contributed by atoms with Crippen LogP contribution in [0.5, 0.6) is 5.88 Å². The number of rotatable bonds is 4. The second kappa shape index (κ2) is 5.84. The van der Waals surface area contributed by atoms with Crippen LogP contribution < -0.4 is 5.69 Å². The lowest BCUT2D eigenvalue weighted by Crippen LogP contribution is -2.02. The highest BCUT2D eigenvalue weighted by molar-refractivity contribution is 5.89. The first kappa shape index (κ1) is 14.6. The van der Waals surface area contributed by atoms with E-state index in [0.29, 0.717) is 17.5 Å². The molecule has 6 heteroatoms. The fraction of sp³-hybridized carbons (Fsp3) is 0.0588. The monoisotopic (exact) mass is 310 g/mol. The van der Waals surface area contributed by atoms with Crippen LogP contribution >= 0.6 is 0 Å². The molecule has 0 radical (unpaired) electrons. The minimum absolute atomic E-state index is 0.150. The van der Waals surface area contributed by atoms with Gasteiger partial charge in [-0.1, -0.05) is 36.4 Å². The molecule has 4 N–H and O–H groups in total. The molecule has 0 saturated carbocycles. The quantitative estimate of drug-likeness (QED) is 0.593. The number of aromatic amines is 2. The number of aromatic nitrogens is 2. The summed E-state index contributed by atoms with van der Waals surface area (Å²) in [4.78, 5) is 27.4. The maximum atomic E-state index is 11.4. The van der Waals surface area contributed by atoms with Gasteiger partial charge in [0.15, 0.2) is 0 Å². The molecule has 0 aliphatic rings. The first-order valence-electron chi connectivity index (χ1n) is 6.96. The molecule has 23 heavy (non-hydrogen) atoms. The van der Waals surface area contributed by atoms with Crippen molar-refractivity contribution < 1.29 is 15.0 Å². The minimum atomic E-state index is -1.03. The first-order valence-corrected chi connectivity index (χ1v) is 6.96. The molecule has 1 heterocycles. The number of hydrogen-bond acceptors (Lipinski definition) is 3. The Morgan fingerprint density at radius 3 is 2.39 bits per heavy atom. The first-order chi connectivity index (χ1) is 11.0. The average Bonchev–Trinajstić information content (AvgIpc) is 2.86. The van der Waals surface area contributed by atoms with Gasteiger partial charge in [-0.25, -0.2) is 9.59 Å². The fourth-order valence-corrected chi connectivity index (χ4v) is 2.50. The van der Waals surface area contributed by atoms with E-state index in [2.05, 4.69) is 9.97 Å². The van der Waals surface area contributed by atoms with E-state index in [9.17, 15) is 19.8 Å². The molecule has 0 bridgehead atoms. The number of benzene rings is 2. The molecular formula is C17H14N2O4. The van der Waals surface area contributed by atoms with Crippen molar-refractivity contribution in [2.24, 2.45) is 0 Å². The highest BCUT2D eigenvalue weighted by atomic mass is 16.4. The summed E-state index contributed by atoms with van der Waals surface area (Å²) in [5.41, 5.74) is 2.14. The van der Waals surface area contributed by atoms with Crippen molar-refractivity contribution in [2.45, 2.75) is 6.42 Å². The highest BCUT2D eigenvalue weighted by Gasteiger charge is 2.15. The predicted molar refractivity (Wildman–Crippen MR) is 84.7 cm³/mol. The second-order valence-corrected chi connectivity index (χ2v) is 5.14. The number of hydrogen-bond donors (Lipinski definition) is 4. The van der Waals surface area contributed by atoms with Crippen LogP contribution in [0.4, 0.5) is 0 Å². The average molecular weight is 310 g/mol. The van der Waals surface area contributed by atoms with Gasteiger partial charge < -0.3 is 15.2 Å². The number of carboxylic acids is 1. The largest absolute Gasteiger partial charge is 0.493 e. The van der Waals surface area contributed by atoms with Gasteiger partial charge in [0, 0.05) is 5.56 Å². The summed E-state index contributed by atoms with van der Waals surface area (Å²) >= 11 is 0. The van der Waals surface area contributed by atoms with Crippen LogP contribution in [0.1, 0.15) is 21.5 Å². The molecule has 3 rings (SSSR count). The SMILES string of the molecule is O=C(O)c1ccc(-c2[nH]c(=O)[nH]c2O)c(Cc2ccccc2)c1. The predicted octanol–water partition coefficient (Wildman–Crippen LogP) is 2.36. The molecule has 1 aromatic heterocycles. The molecule has 0 unspecified atom stereocenters. The smallest absolute Gasteiger partial charge is 0.335 e. The number of aromatic carboxylic acids is 1. The molecule has 0 aliphatic heterocycles. The van der Waals surface area contributed by atoms with E-state index >= 15 is 0 Å². The normalized spacial score (nSPS) is 10.6. The summed E-state index contributed by atoms with van der Waals surface area (Å²) in [6.07, 6.45) is 0.476. The lowest BCUT2D eigenvalue weighted by molar-refractivity contribution is 0.0697. The van der Waals surface area contributed by atoms with Crippen molar-refractivity contribution in [3.8, 4) is 17.1 Å². The Bertz CT molecular complexity index is 910. The molecule has 3 aromatic rings. The van der Waals surface area contributed by atoms with Gasteiger partial charge in [-0.15, -0.1) is 0 Å². The zero-order valence-electron chi connectivity index (χ0n) is 12.0. The van der Waals surface area contributed by atoms with Crippen molar-refractivity contribution in [1.29, 1.82) is 0 Å². The Hall–Kier alpha value is -3.28. The second-order valence-electron chi connectivity index (χ2n) is 5.14. The molecule has 116 valence electrons. The van der Waals surface area contributed by atoms with Crippen molar-refractivity contribution in [1.82, 2.24) is 9.97 Å². The van der Waals surface area contributed by atoms with Crippen LogP contribution in [-0.4, -0.2) is 26.2 Å². The standard InChI is InChI=1S/C17H14N2O4/c20-15-14(18-17(23)19-15)13-7-6-11(16(21)22)9-12(13)8-10-4-2-1-3-5-10/h1-7,9,20H,8H2,(H,21,22)(H2,18,19,23). The van der Waals surface area contributed by atoms with Crippen LogP contribution in [0.15, 0.2) is 53.3 Å². The van der Waals surface area contributed by atoms with Crippen LogP contribution in [0, 0.1) is 0 Å². The number of H-pyrrole nitrogens is 2. The van der Waals surface area contributed by atoms with E-state index < -0.39 is 11.7 Å². The van der Waals surface area contributed by atoms with Crippen LogP contribution in [0.25, 0.3) is 11.3 Å². The summed E-state index contributed by atoms with van der Waals surface area (Å²) in [5, 5.41) is 19.0. The maximum absolute atomic E-state index is 11.4. The third-order valence-corrected chi connectivity index (χ3v) is 3.57. The van der Waals surface area contributed by atoms with Gasteiger partial charge in [0.1, 0.15) is 5.69 Å². The topological polar surface area (TPSA) is 106 Å². The Kier molecular flexibility index (Phi) is 3.72. The number of carbonyl (C=O) groups is 1. The Balaban J connectivity index is 2.13. The fourth-order valence-electron chi connectivity index (χ4n) is 2.50. The van der Waals surface area contributed by atoms with E-state index in [4.69, 9.17) is 0 Å². The number of imidazole rings is 1. The highest BCUT2D eigenvalue weighted by Crippen LogP contribution is 2.29. The van der Waals surface area contributed by atoms with E-state index in [1.165, 1.54) is 6.07 Å². The van der Waals surface area contributed by atoms with Gasteiger partial charge in [-0.05, 0) is 29.7 Å². The molecular weight excluding hydrogens is 296 g/mol. The Labute approximate surface area is 131 Å². The van der Waals surface area contributed by atoms with Gasteiger partial charge in [-0.3, -0.25) is 4.98 Å². The zero-order chi connectivity index (χ0) is 16.4. The summed E-state index contributed by atoms with van der Waals surface area (Å²) < 4.78 is 0. The number of nitrogens with one attached hydrogen (secondary N) is 2. The van der Waals surface area contributed by atoms with Crippen molar-refractivity contribution in [2.75, 3.05) is 0 Å². The summed E-state index contributed by atoms with van der Waals surface area (Å²) in [7, 11) is 0. The molecule has 0 saturated heterocycles. The molecule has 2 aromatic carbocycles. The summed E-state index contributed by atoms with van der Waals surface area (Å²) in [6, 6.07) is 14.1. The summed E-state index contributed by atoms with van der Waals surface area (Å²) in [6.45, 7) is 0. The molecule has 0 spiro atoms. The van der Waals surface area contributed by atoms with Crippen LogP contribution in [-0.2, 0) is 6.42 Å². The Morgan fingerprint density at radius 1 is 1.04 bits per heavy atom. The van der Waals surface area contributed by atoms with Crippen molar-refractivity contribution >= 4 is 5.97 Å². The van der Waals surface area contributed by atoms with Gasteiger partial charge in [-0.2, -0.15) is 0 Å². The van der Waals surface area contributed by atoms with E-state index in [-0.39, 0.29) is 17.1 Å². The lowest BCUT2D eigenvalue weighted by atomic mass is 9.96. The van der Waals surface area contributed by atoms with E-state index in [1.54, 1.807) is 12.1 Å². The third-order valence-electron chi connectivity index (χ3n) is 3.57. The zero-order valence-corrected chi connectivity index (χ0v) is 12.0. The van der Waals surface area contributed by atoms with E-state index in [1.807, 2.05) is 30.3 Å². The van der Waals surface area contributed by atoms with Crippen molar-refractivity contribution in [3.05, 3.63) is 75.7 Å². The van der Waals surface area contributed by atoms with Gasteiger partial charge in [0.25, 0.3) is 0 Å². The molecule has 0 fully saturated rings. The summed E-state index contributed by atoms with van der Waals surface area (Å²) in [5.74, 6) is -1.30. The number of aromatic hydroxyl groups is 1. The van der Waals surface area contributed by atoms with Gasteiger partial charge in [0.05, 0.1) is 5.56 Å². The minimum Gasteiger partial charge on any atom is -0.493 e. The Morgan fingerprint density at radius 2 is 1.78 bits per heavy atom. The van der Waals surface area contributed by atoms with E-state index in [0.717, 1.165) is 5.56 Å². The van der Waals surface area contributed by atoms with Crippen LogP contribution in [0.2, 0.25) is 0 Å². The molecule has 0 atom stereocenters. The maximum Gasteiger partial charge on any atom is 0.335 e. The lowest BCUT2D eigenvalue weighted by Gasteiger charge is -2.10. The van der Waals surface area contributed by atoms with Crippen LogP contribution in [0.3, 0.4) is 0 Å². The molecule has 6 nitrogen and oxygen atoms in total. The van der Waals surface area contributed by atoms with Gasteiger partial charge in [0.2, 0.25) is 5.88 Å². The molecule has 0 amide bonds. The molecule has 0 aliphatic carbocycles. The van der Waals surface area contributed by atoms with Crippen molar-refractivity contribution in [3.63, 3.8) is 0 Å². The third kappa shape index (κ3) is 3.01. The van der Waals surface area contributed by atoms with Gasteiger partial charge >= 0.3 is 11.7 Å². The number of carboxylic acid groups (broad SMARTS) is 1.